The molecule has 5 rings (SSSR count). The first-order chi connectivity index (χ1) is 19.7. The zero-order valence-electron chi connectivity index (χ0n) is 22.0. The van der Waals surface area contributed by atoms with Gasteiger partial charge in [0.15, 0.2) is 0 Å². The summed E-state index contributed by atoms with van der Waals surface area (Å²) < 4.78 is 43.0. The molecule has 13 heteroatoms. The van der Waals surface area contributed by atoms with Crippen molar-refractivity contribution in [2.75, 3.05) is 24.4 Å². The fourth-order valence-corrected chi connectivity index (χ4v) is 6.26. The lowest BCUT2D eigenvalue weighted by molar-refractivity contribution is 0.0676. The number of aromatic nitrogens is 3. The monoisotopic (exact) mass is 613 g/mol. The number of rotatable bonds is 11. The van der Waals surface area contributed by atoms with E-state index in [0.717, 1.165) is 21.3 Å². The van der Waals surface area contributed by atoms with Gasteiger partial charge in [-0.25, -0.2) is 27.8 Å². The van der Waals surface area contributed by atoms with Gasteiger partial charge in [-0.15, -0.1) is 11.3 Å². The lowest BCUT2D eigenvalue weighted by Crippen LogP contribution is -2.26. The summed E-state index contributed by atoms with van der Waals surface area (Å²) in [4.78, 5) is 19.1. The number of fused-ring (bicyclic) bond motifs is 1. The highest BCUT2D eigenvalue weighted by Crippen LogP contribution is 2.34. The zero-order chi connectivity index (χ0) is 29.0. The number of thiazole rings is 1. The number of nitrogens with zero attached hydrogens (tertiary/aromatic N) is 3. The molecule has 0 fully saturated rings. The van der Waals surface area contributed by atoms with Gasteiger partial charge >= 0.3 is 0 Å². The fraction of sp³-hybridized carbons (Fsp3) is 0.179. The molecule has 0 amide bonds. The predicted molar refractivity (Wildman–Crippen MR) is 159 cm³/mol. The Morgan fingerprint density at radius 3 is 2.68 bits per heavy atom. The number of halogens is 2. The first-order valence-electron chi connectivity index (χ1n) is 12.3. The van der Waals surface area contributed by atoms with Crippen molar-refractivity contribution >= 4 is 55.2 Å². The molecule has 0 aliphatic heterocycles. The molecule has 0 spiro atoms. The minimum atomic E-state index is -3.26. The molecule has 5 aromatic rings. The summed E-state index contributed by atoms with van der Waals surface area (Å²) >= 11 is 7.85. The van der Waals surface area contributed by atoms with E-state index in [1.807, 2.05) is 24.3 Å². The predicted octanol–water partition coefficient (Wildman–Crippen LogP) is 6.11. The molecule has 41 heavy (non-hydrogen) atoms. The molecule has 0 aliphatic carbocycles. The molecule has 0 bridgehead atoms. The van der Waals surface area contributed by atoms with Crippen molar-refractivity contribution in [3.05, 3.63) is 94.5 Å². The third kappa shape index (κ3) is 7.34. The Balaban J connectivity index is 1.37. The van der Waals surface area contributed by atoms with Crippen LogP contribution in [-0.2, 0) is 21.3 Å². The molecule has 1 unspecified atom stereocenters. The normalized spacial score (nSPS) is 12.4. The number of hydrogen-bond acceptors (Lipinski definition) is 10. The van der Waals surface area contributed by atoms with Crippen LogP contribution in [0.4, 0.5) is 15.9 Å². The summed E-state index contributed by atoms with van der Waals surface area (Å²) in [5.41, 5.74) is 5.66. The molecular formula is C28H25ClFN5O4S2. The van der Waals surface area contributed by atoms with Gasteiger partial charge in [-0.1, -0.05) is 23.7 Å². The molecule has 1 atom stereocenters. The summed E-state index contributed by atoms with van der Waals surface area (Å²) in [7, 11) is -1.82. The first kappa shape index (κ1) is 28.8. The summed E-state index contributed by atoms with van der Waals surface area (Å²) in [6, 6.07) is 16.6. The molecule has 2 heterocycles. The van der Waals surface area contributed by atoms with Gasteiger partial charge in [0.1, 0.15) is 45.2 Å². The third-order valence-electron chi connectivity index (χ3n) is 5.96. The van der Waals surface area contributed by atoms with Gasteiger partial charge in [0.2, 0.25) is 0 Å². The number of benzene rings is 3. The highest BCUT2D eigenvalue weighted by molar-refractivity contribution is 7.90. The Hall–Kier alpha value is -3.68. The van der Waals surface area contributed by atoms with Gasteiger partial charge < -0.3 is 14.9 Å². The number of nitrogens with one attached hydrogen (secondary N) is 2. The molecule has 9 nitrogen and oxygen atoms in total. The van der Waals surface area contributed by atoms with Gasteiger partial charge in [0.25, 0.3) is 0 Å². The Morgan fingerprint density at radius 2 is 1.93 bits per heavy atom. The molecule has 0 aliphatic rings. The van der Waals surface area contributed by atoms with Gasteiger partial charge in [-0.05, 0) is 54.1 Å². The van der Waals surface area contributed by atoms with Crippen molar-refractivity contribution in [2.45, 2.75) is 12.6 Å². The largest absolute Gasteiger partial charge is 0.487 e. The van der Waals surface area contributed by atoms with E-state index in [1.165, 1.54) is 43.2 Å². The SMILES string of the molecule is CONC(CS(C)(=O)=O)c1cnc(-c2ccc3ncnc(Nc4ccc(OCc5cccc(F)c5)c(Cl)c4)c3c2)s1. The maximum atomic E-state index is 13.4. The lowest BCUT2D eigenvalue weighted by atomic mass is 10.1. The van der Waals surface area contributed by atoms with E-state index in [1.54, 1.807) is 30.5 Å². The van der Waals surface area contributed by atoms with Crippen molar-refractivity contribution in [2.24, 2.45) is 0 Å². The van der Waals surface area contributed by atoms with Crippen LogP contribution in [0.25, 0.3) is 21.5 Å². The van der Waals surface area contributed by atoms with E-state index >= 15 is 0 Å². The standard InChI is InChI=1S/C28H25ClFN5O4S2/c1-38-35-24(15-41(2,36)37)26-13-31-28(40-26)18-6-8-23-21(11-18)27(33-16-32-23)34-20-7-9-25(22(29)12-20)39-14-17-4-3-5-19(30)10-17/h3-13,16,24,35H,14-15H2,1-2H3,(H,32,33,34). The number of sulfone groups is 1. The van der Waals surface area contributed by atoms with Crippen LogP contribution >= 0.6 is 22.9 Å². The Kier molecular flexibility index (Phi) is 8.76. The second-order valence-corrected chi connectivity index (χ2v) is 12.8. The zero-order valence-corrected chi connectivity index (χ0v) is 24.4. The highest BCUT2D eigenvalue weighted by atomic mass is 35.5. The quantitative estimate of drug-likeness (QED) is 0.170. The van der Waals surface area contributed by atoms with E-state index in [0.29, 0.717) is 32.8 Å². The van der Waals surface area contributed by atoms with E-state index in [2.05, 4.69) is 25.7 Å². The van der Waals surface area contributed by atoms with E-state index < -0.39 is 15.9 Å². The first-order valence-corrected chi connectivity index (χ1v) is 15.5. The van der Waals surface area contributed by atoms with Crippen LogP contribution in [0.15, 0.2) is 73.2 Å². The summed E-state index contributed by atoms with van der Waals surface area (Å²) in [6.45, 7) is 0.179. The second kappa shape index (κ2) is 12.5. The van der Waals surface area contributed by atoms with E-state index in [-0.39, 0.29) is 18.2 Å². The summed E-state index contributed by atoms with van der Waals surface area (Å²) in [6.07, 6.45) is 4.29. The summed E-state index contributed by atoms with van der Waals surface area (Å²) in [5, 5.41) is 5.13. The Morgan fingerprint density at radius 1 is 1.07 bits per heavy atom. The highest BCUT2D eigenvalue weighted by Gasteiger charge is 2.21. The molecular weight excluding hydrogens is 589 g/mol. The van der Waals surface area contributed by atoms with Crippen molar-refractivity contribution < 1.29 is 22.4 Å². The van der Waals surface area contributed by atoms with Crippen LogP contribution in [0.5, 0.6) is 5.75 Å². The fourth-order valence-electron chi connectivity index (χ4n) is 4.11. The van der Waals surface area contributed by atoms with Gasteiger partial charge in [0, 0.05) is 34.0 Å². The molecule has 0 saturated heterocycles. The van der Waals surface area contributed by atoms with Gasteiger partial charge in [-0.3, -0.25) is 0 Å². The maximum Gasteiger partial charge on any atom is 0.149 e. The minimum Gasteiger partial charge on any atom is -0.487 e. The second-order valence-electron chi connectivity index (χ2n) is 9.18. The van der Waals surface area contributed by atoms with Gasteiger partial charge in [-0.2, -0.15) is 5.48 Å². The van der Waals surface area contributed by atoms with Crippen LogP contribution in [0.3, 0.4) is 0 Å². The molecule has 3 aromatic carbocycles. The van der Waals surface area contributed by atoms with Crippen molar-refractivity contribution in [1.82, 2.24) is 20.4 Å². The Labute approximate surface area is 245 Å². The average Bonchev–Trinajstić information content (AvgIpc) is 3.42. The van der Waals surface area contributed by atoms with Crippen LogP contribution in [-0.4, -0.2) is 42.5 Å². The number of hydrogen-bond donors (Lipinski definition) is 2. The van der Waals surface area contributed by atoms with Crippen LogP contribution in [0.1, 0.15) is 16.5 Å². The van der Waals surface area contributed by atoms with Crippen molar-refractivity contribution in [3.8, 4) is 16.3 Å². The number of anilines is 2. The molecule has 212 valence electrons. The lowest BCUT2D eigenvalue weighted by Gasteiger charge is -2.13. The number of ether oxygens (including phenoxy) is 1. The average molecular weight is 614 g/mol. The third-order valence-corrected chi connectivity index (χ3v) is 8.35. The topological polar surface area (TPSA) is 115 Å². The summed E-state index contributed by atoms with van der Waals surface area (Å²) in [5.74, 6) is 0.577. The van der Waals surface area contributed by atoms with Gasteiger partial charge in [0.05, 0.1) is 29.4 Å². The molecule has 2 N–H and O–H groups in total. The maximum absolute atomic E-state index is 13.4. The van der Waals surface area contributed by atoms with Crippen LogP contribution < -0.4 is 15.5 Å². The van der Waals surface area contributed by atoms with Crippen LogP contribution in [0.2, 0.25) is 5.02 Å². The number of hydroxylamine groups is 1. The van der Waals surface area contributed by atoms with E-state index in [4.69, 9.17) is 21.2 Å². The van der Waals surface area contributed by atoms with Crippen molar-refractivity contribution in [3.63, 3.8) is 0 Å². The molecule has 2 aromatic heterocycles. The minimum absolute atomic E-state index is 0.126. The smallest absolute Gasteiger partial charge is 0.149 e. The Bertz CT molecular complexity index is 1800. The van der Waals surface area contributed by atoms with E-state index in [9.17, 15) is 12.8 Å². The molecule has 0 radical (unpaired) electrons. The van der Waals surface area contributed by atoms with Crippen LogP contribution in [0, 0.1) is 5.82 Å². The van der Waals surface area contributed by atoms with Crippen molar-refractivity contribution in [1.29, 1.82) is 0 Å². The molecule has 0 saturated carbocycles.